The molecule has 0 aromatic heterocycles. The number of ether oxygens (including phenoxy) is 2. The number of esters is 1. The maximum absolute atomic E-state index is 11.3. The zero-order valence-electron chi connectivity index (χ0n) is 11.6. The zero-order chi connectivity index (χ0) is 13.7. The number of methoxy groups -OCH3 is 1. The van der Waals surface area contributed by atoms with Gasteiger partial charge in [0.05, 0.1) is 18.8 Å². The van der Waals surface area contributed by atoms with E-state index in [-0.39, 0.29) is 15.5 Å². The Bertz CT molecular complexity index is 305. The van der Waals surface area contributed by atoms with E-state index in [2.05, 4.69) is 27.9 Å². The fourth-order valence-corrected chi connectivity index (χ4v) is 3.75. The number of hydrogen-bond acceptors (Lipinski definition) is 4. The molecule has 1 N–H and O–H groups in total. The minimum atomic E-state index is -0.163. The molecule has 1 aliphatic heterocycles. The lowest BCUT2D eigenvalue weighted by molar-refractivity contribution is -0.139. The van der Waals surface area contributed by atoms with E-state index in [1.54, 1.807) is 0 Å². The predicted octanol–water partition coefficient (Wildman–Crippen LogP) is 2.43. The van der Waals surface area contributed by atoms with Gasteiger partial charge >= 0.3 is 5.97 Å². The molecule has 0 radical (unpaired) electrons. The number of carbonyl (C=O) groups is 1. The van der Waals surface area contributed by atoms with Gasteiger partial charge in [-0.3, -0.25) is 4.79 Å². The van der Waals surface area contributed by atoms with Crippen LogP contribution in [0.25, 0.3) is 0 Å². The Balaban J connectivity index is 1.66. The number of alkyl halides is 1. The van der Waals surface area contributed by atoms with Crippen LogP contribution in [0.3, 0.4) is 0 Å². The normalized spacial score (nSPS) is 27.4. The van der Waals surface area contributed by atoms with E-state index in [1.165, 1.54) is 45.6 Å². The Labute approximate surface area is 129 Å². The van der Waals surface area contributed by atoms with Crippen LogP contribution in [0.2, 0.25) is 0 Å². The minimum Gasteiger partial charge on any atom is -0.468 e. The van der Waals surface area contributed by atoms with Crippen LogP contribution >= 0.6 is 22.6 Å². The van der Waals surface area contributed by atoms with Crippen molar-refractivity contribution in [3.8, 4) is 0 Å². The van der Waals surface area contributed by atoms with Gasteiger partial charge in [0, 0.05) is 13.1 Å². The van der Waals surface area contributed by atoms with Gasteiger partial charge in [0.15, 0.2) is 0 Å². The molecule has 1 aliphatic carbocycles. The third kappa shape index (κ3) is 4.29. The first kappa shape index (κ1) is 15.5. The van der Waals surface area contributed by atoms with Crippen molar-refractivity contribution < 1.29 is 14.3 Å². The average Bonchev–Trinajstić information content (AvgIpc) is 2.81. The standard InChI is InChI=1S/C14H24INO3/c1-18-13(17)12(15)10-16-9-11-5-8-14(19-11)6-3-2-4-7-14/h11-12,16H,2-10H2,1H3. The summed E-state index contributed by atoms with van der Waals surface area (Å²) in [6.45, 7) is 1.50. The topological polar surface area (TPSA) is 47.6 Å². The van der Waals surface area contributed by atoms with Crippen molar-refractivity contribution in [1.82, 2.24) is 5.32 Å². The maximum atomic E-state index is 11.3. The van der Waals surface area contributed by atoms with Gasteiger partial charge < -0.3 is 14.8 Å². The molecule has 1 heterocycles. The van der Waals surface area contributed by atoms with E-state index in [4.69, 9.17) is 9.47 Å². The van der Waals surface area contributed by atoms with E-state index >= 15 is 0 Å². The summed E-state index contributed by atoms with van der Waals surface area (Å²) in [6, 6.07) is 0. The molecule has 2 fully saturated rings. The van der Waals surface area contributed by atoms with Crippen molar-refractivity contribution in [2.45, 2.75) is 60.6 Å². The molecule has 1 spiro atoms. The number of halogens is 1. The second kappa shape index (κ2) is 7.22. The highest BCUT2D eigenvalue weighted by Crippen LogP contribution is 2.41. The Kier molecular flexibility index (Phi) is 5.89. The number of hydrogen-bond donors (Lipinski definition) is 1. The lowest BCUT2D eigenvalue weighted by Gasteiger charge is -2.33. The Morgan fingerprint density at radius 1 is 1.42 bits per heavy atom. The van der Waals surface area contributed by atoms with Crippen molar-refractivity contribution >= 4 is 28.6 Å². The van der Waals surface area contributed by atoms with Gasteiger partial charge in [-0.15, -0.1) is 0 Å². The Morgan fingerprint density at radius 2 is 2.16 bits per heavy atom. The molecule has 4 nitrogen and oxygen atoms in total. The molecule has 1 saturated heterocycles. The van der Waals surface area contributed by atoms with Gasteiger partial charge in [0.2, 0.25) is 0 Å². The van der Waals surface area contributed by atoms with Crippen LogP contribution in [0.5, 0.6) is 0 Å². The largest absolute Gasteiger partial charge is 0.468 e. The lowest BCUT2D eigenvalue weighted by atomic mass is 9.83. The Morgan fingerprint density at radius 3 is 2.84 bits per heavy atom. The molecule has 0 amide bonds. The van der Waals surface area contributed by atoms with Gasteiger partial charge in [-0.05, 0) is 25.7 Å². The third-order valence-electron chi connectivity index (χ3n) is 4.26. The number of rotatable bonds is 5. The number of carbonyl (C=O) groups excluding carboxylic acids is 1. The SMILES string of the molecule is COC(=O)C(I)CNCC1CCC2(CCCCC2)O1. The van der Waals surface area contributed by atoms with Crippen molar-refractivity contribution in [1.29, 1.82) is 0 Å². The smallest absolute Gasteiger partial charge is 0.319 e. The first-order valence-corrected chi connectivity index (χ1v) is 8.50. The summed E-state index contributed by atoms with van der Waals surface area (Å²) in [4.78, 5) is 11.3. The molecule has 2 unspecified atom stereocenters. The molecule has 2 rings (SSSR count). The van der Waals surface area contributed by atoms with E-state index < -0.39 is 0 Å². The highest BCUT2D eigenvalue weighted by molar-refractivity contribution is 14.1. The molecule has 2 atom stereocenters. The molecule has 2 aliphatic rings. The monoisotopic (exact) mass is 381 g/mol. The lowest BCUT2D eigenvalue weighted by Crippen LogP contribution is -2.37. The van der Waals surface area contributed by atoms with Crippen molar-refractivity contribution in [2.75, 3.05) is 20.2 Å². The van der Waals surface area contributed by atoms with Crippen molar-refractivity contribution in [3.63, 3.8) is 0 Å². The van der Waals surface area contributed by atoms with Crippen molar-refractivity contribution in [2.24, 2.45) is 0 Å². The van der Waals surface area contributed by atoms with Crippen molar-refractivity contribution in [3.05, 3.63) is 0 Å². The predicted molar refractivity (Wildman–Crippen MR) is 82.6 cm³/mol. The second-order valence-corrected chi connectivity index (χ2v) is 7.17. The van der Waals surface area contributed by atoms with Crippen LogP contribution in [0.4, 0.5) is 0 Å². The van der Waals surface area contributed by atoms with Gasteiger partial charge in [-0.1, -0.05) is 41.9 Å². The summed E-state index contributed by atoms with van der Waals surface area (Å²) in [5.74, 6) is -0.163. The molecule has 0 aromatic rings. The zero-order valence-corrected chi connectivity index (χ0v) is 13.8. The highest BCUT2D eigenvalue weighted by Gasteiger charge is 2.40. The summed E-state index contributed by atoms with van der Waals surface area (Å²) in [5.41, 5.74) is 0.191. The molecule has 110 valence electrons. The van der Waals surface area contributed by atoms with E-state index in [9.17, 15) is 4.79 Å². The summed E-state index contributed by atoms with van der Waals surface area (Å²) in [7, 11) is 1.43. The minimum absolute atomic E-state index is 0.118. The number of nitrogens with one attached hydrogen (secondary N) is 1. The van der Waals surface area contributed by atoms with E-state index in [0.29, 0.717) is 12.6 Å². The van der Waals surface area contributed by atoms with Gasteiger partial charge in [-0.25, -0.2) is 0 Å². The molecule has 0 bridgehead atoms. The quantitative estimate of drug-likeness (QED) is 0.452. The average molecular weight is 381 g/mol. The van der Waals surface area contributed by atoms with Crippen LogP contribution < -0.4 is 5.32 Å². The molecule has 19 heavy (non-hydrogen) atoms. The summed E-state index contributed by atoms with van der Waals surface area (Å²) in [5, 5.41) is 3.33. The van der Waals surface area contributed by atoms with Crippen LogP contribution in [-0.4, -0.2) is 41.8 Å². The van der Waals surface area contributed by atoms with Gasteiger partial charge in [0.1, 0.15) is 3.92 Å². The molecule has 5 heteroatoms. The second-order valence-electron chi connectivity index (χ2n) is 5.67. The fourth-order valence-electron chi connectivity index (χ4n) is 3.19. The summed E-state index contributed by atoms with van der Waals surface area (Å²) < 4.78 is 10.9. The molecule has 1 saturated carbocycles. The fraction of sp³-hybridized carbons (Fsp3) is 0.929. The van der Waals surface area contributed by atoms with Crippen LogP contribution in [0.15, 0.2) is 0 Å². The highest BCUT2D eigenvalue weighted by atomic mass is 127. The van der Waals surface area contributed by atoms with Crippen LogP contribution in [0.1, 0.15) is 44.9 Å². The van der Waals surface area contributed by atoms with Crippen LogP contribution in [0, 0.1) is 0 Å². The molecule has 0 aromatic carbocycles. The molecular weight excluding hydrogens is 357 g/mol. The first-order valence-electron chi connectivity index (χ1n) is 7.26. The summed E-state index contributed by atoms with van der Waals surface area (Å²) in [6.07, 6.45) is 9.15. The third-order valence-corrected chi connectivity index (χ3v) is 5.20. The maximum Gasteiger partial charge on any atom is 0.319 e. The van der Waals surface area contributed by atoms with E-state index in [1.807, 2.05) is 0 Å². The van der Waals surface area contributed by atoms with Crippen LogP contribution in [-0.2, 0) is 14.3 Å². The summed E-state index contributed by atoms with van der Waals surface area (Å²) >= 11 is 2.11. The molecular formula is C14H24INO3. The van der Waals surface area contributed by atoms with Gasteiger partial charge in [-0.2, -0.15) is 0 Å². The Hall–Kier alpha value is 0.120. The van der Waals surface area contributed by atoms with Gasteiger partial charge in [0.25, 0.3) is 0 Å². The first-order chi connectivity index (χ1) is 9.15. The van der Waals surface area contributed by atoms with E-state index in [0.717, 1.165) is 13.0 Å².